The maximum atomic E-state index is 15.4. The van der Waals surface area contributed by atoms with E-state index in [4.69, 9.17) is 14.3 Å². The molecule has 2 aliphatic rings. The standard InChI is InChI=1S/C26H27F3N6O5S/c1-25(14-41(38,30-2)26(7-3-4-8-26)23(34-25)33-24(36)37)16-9-15(5-6-17(16)27)20-10-18(35-40-20)19-11-32-22(12-31-19)39-13-21(28)29/h5-6,9-12,21H,3-4,7-8,13-14H2,1-2H3,(H,33,34)(H,36,37)/t25-,41+/m0/s1. The maximum absolute atomic E-state index is 15.4. The van der Waals surface area contributed by atoms with E-state index in [1.165, 1.54) is 37.6 Å². The molecule has 1 aliphatic carbocycles. The molecular formula is C26H27F3N6O5S. The van der Waals surface area contributed by atoms with Gasteiger partial charge in [0.05, 0.1) is 27.9 Å². The molecule has 2 N–H and O–H groups in total. The molecule has 0 saturated heterocycles. The molecule has 3 heterocycles. The summed E-state index contributed by atoms with van der Waals surface area (Å²) in [6.45, 7) is 0.790. The zero-order valence-corrected chi connectivity index (χ0v) is 23.0. The minimum Gasteiger partial charge on any atom is -0.470 e. The molecule has 1 aromatic carbocycles. The zero-order chi connectivity index (χ0) is 29.4. The highest BCUT2D eigenvalue weighted by atomic mass is 32.2. The van der Waals surface area contributed by atoms with Gasteiger partial charge in [-0.2, -0.15) is 0 Å². The van der Waals surface area contributed by atoms with Crippen molar-refractivity contribution < 1.29 is 36.5 Å². The predicted molar refractivity (Wildman–Crippen MR) is 143 cm³/mol. The normalized spacial score (nSPS) is 23.4. The van der Waals surface area contributed by atoms with Crippen LogP contribution in [0.25, 0.3) is 22.7 Å². The molecule has 5 rings (SSSR count). The second kappa shape index (κ2) is 10.8. The van der Waals surface area contributed by atoms with Gasteiger partial charge in [0.15, 0.2) is 12.4 Å². The Morgan fingerprint density at radius 2 is 1.98 bits per heavy atom. The number of amidine groups is 1. The molecule has 15 heteroatoms. The van der Waals surface area contributed by atoms with Crippen LogP contribution in [0.2, 0.25) is 0 Å². The number of hydrogen-bond donors (Lipinski definition) is 2. The highest BCUT2D eigenvalue weighted by Gasteiger charge is 2.55. The summed E-state index contributed by atoms with van der Waals surface area (Å²) in [5, 5.41) is 15.9. The number of rotatable bonds is 6. The first kappa shape index (κ1) is 28.5. The number of aromatic nitrogens is 3. The molecule has 1 spiro atoms. The van der Waals surface area contributed by atoms with Crippen LogP contribution in [0.5, 0.6) is 5.88 Å². The molecule has 2 atom stereocenters. The molecule has 0 bridgehead atoms. The van der Waals surface area contributed by atoms with Crippen molar-refractivity contribution in [1.82, 2.24) is 20.4 Å². The topological polar surface area (TPSA) is 152 Å². The third-order valence-electron chi connectivity index (χ3n) is 7.40. The Morgan fingerprint density at radius 1 is 1.22 bits per heavy atom. The maximum Gasteiger partial charge on any atom is 0.410 e. The van der Waals surface area contributed by atoms with Gasteiger partial charge in [-0.25, -0.2) is 36.5 Å². The van der Waals surface area contributed by atoms with Crippen LogP contribution < -0.4 is 10.1 Å². The number of aliphatic imine (C=N–C) groups is 1. The molecular weight excluding hydrogens is 565 g/mol. The number of nitrogens with zero attached hydrogens (tertiary/aromatic N) is 5. The van der Waals surface area contributed by atoms with Crippen molar-refractivity contribution in [3.8, 4) is 28.6 Å². The lowest BCUT2D eigenvalue weighted by molar-refractivity contribution is 0.0794. The number of halogens is 3. The summed E-state index contributed by atoms with van der Waals surface area (Å²) in [5.74, 6) is -0.507. The van der Waals surface area contributed by atoms with E-state index in [0.29, 0.717) is 18.4 Å². The summed E-state index contributed by atoms with van der Waals surface area (Å²) >= 11 is 0. The molecule has 0 radical (unpaired) electrons. The van der Waals surface area contributed by atoms with Crippen molar-refractivity contribution in [2.75, 3.05) is 19.4 Å². The van der Waals surface area contributed by atoms with Crippen molar-refractivity contribution in [2.24, 2.45) is 9.36 Å². The summed E-state index contributed by atoms with van der Waals surface area (Å²) in [6, 6.07) is 5.74. The van der Waals surface area contributed by atoms with E-state index < -0.39 is 45.0 Å². The predicted octanol–water partition coefficient (Wildman–Crippen LogP) is 4.89. The summed E-state index contributed by atoms with van der Waals surface area (Å²) in [4.78, 5) is 24.5. The van der Waals surface area contributed by atoms with Crippen molar-refractivity contribution >= 4 is 21.7 Å². The van der Waals surface area contributed by atoms with Crippen LogP contribution >= 0.6 is 0 Å². The highest BCUT2D eigenvalue weighted by Crippen LogP contribution is 2.47. The van der Waals surface area contributed by atoms with Gasteiger partial charge in [0.1, 0.15) is 33.3 Å². The minimum atomic E-state index is -3.06. The fourth-order valence-corrected chi connectivity index (χ4v) is 8.53. The van der Waals surface area contributed by atoms with Crippen LogP contribution in [0.3, 0.4) is 0 Å². The first-order valence-corrected chi connectivity index (χ1v) is 14.4. The van der Waals surface area contributed by atoms with Gasteiger partial charge in [0, 0.05) is 24.2 Å². The summed E-state index contributed by atoms with van der Waals surface area (Å²) < 4.78 is 68.0. The Hall–Kier alpha value is -4.01. The largest absolute Gasteiger partial charge is 0.470 e. The number of nitrogens with one attached hydrogen (secondary N) is 1. The first-order chi connectivity index (χ1) is 19.5. The van der Waals surface area contributed by atoms with Gasteiger partial charge < -0.3 is 14.4 Å². The number of carbonyl (C=O) groups is 1. The van der Waals surface area contributed by atoms with Crippen molar-refractivity contribution in [3.63, 3.8) is 0 Å². The first-order valence-electron chi connectivity index (χ1n) is 12.7. The smallest absolute Gasteiger partial charge is 0.410 e. The fraction of sp³-hybridized carbons (Fsp3) is 0.423. The lowest BCUT2D eigenvalue weighted by atomic mass is 9.91. The van der Waals surface area contributed by atoms with Gasteiger partial charge in [-0.05, 0) is 38.0 Å². The molecule has 41 heavy (non-hydrogen) atoms. The van der Waals surface area contributed by atoms with Crippen LogP contribution in [0.1, 0.15) is 38.2 Å². The van der Waals surface area contributed by atoms with Gasteiger partial charge >= 0.3 is 6.09 Å². The summed E-state index contributed by atoms with van der Waals surface area (Å²) in [7, 11) is -1.62. The molecule has 1 saturated carbocycles. The second-order valence-corrected chi connectivity index (χ2v) is 12.8. The van der Waals surface area contributed by atoms with E-state index >= 15 is 4.39 Å². The molecule has 1 amide bonds. The Morgan fingerprint density at radius 3 is 2.61 bits per heavy atom. The number of benzene rings is 1. The number of ether oxygens (including phenoxy) is 1. The second-order valence-electron chi connectivity index (χ2n) is 10.0. The Kier molecular flexibility index (Phi) is 7.48. The summed E-state index contributed by atoms with van der Waals surface area (Å²) in [6.07, 6.45) is 0.889. The SMILES string of the molecule is CN=[S@@]1(=O)C[C@@](C)(c2cc(-c3cc(-c4cnc(OCC(F)F)cn4)no3)ccc2F)N=C(NC(=O)O)C12CCCC2. The van der Waals surface area contributed by atoms with E-state index in [0.717, 1.165) is 12.8 Å². The number of hydrogen-bond acceptors (Lipinski definition) is 9. The zero-order valence-electron chi connectivity index (χ0n) is 22.1. The van der Waals surface area contributed by atoms with Crippen molar-refractivity contribution in [1.29, 1.82) is 0 Å². The third kappa shape index (κ3) is 5.25. The number of alkyl halides is 2. The molecule has 3 aromatic rings. The molecule has 1 aliphatic heterocycles. The average molecular weight is 593 g/mol. The third-order valence-corrected chi connectivity index (χ3v) is 10.8. The van der Waals surface area contributed by atoms with E-state index in [1.807, 2.05) is 0 Å². The molecule has 0 unspecified atom stereocenters. The Labute approximate surface area is 233 Å². The van der Waals surface area contributed by atoms with Crippen LogP contribution in [-0.2, 0) is 15.3 Å². The van der Waals surface area contributed by atoms with E-state index in [1.54, 1.807) is 13.0 Å². The summed E-state index contributed by atoms with van der Waals surface area (Å²) in [5.41, 5.74) is -0.335. The Bertz CT molecular complexity index is 1610. The molecule has 2 aromatic heterocycles. The quantitative estimate of drug-likeness (QED) is 0.411. The monoisotopic (exact) mass is 592 g/mol. The molecule has 218 valence electrons. The lowest BCUT2D eigenvalue weighted by Gasteiger charge is -2.43. The van der Waals surface area contributed by atoms with E-state index in [2.05, 4.69) is 24.8 Å². The Balaban J connectivity index is 1.51. The van der Waals surface area contributed by atoms with Crippen LogP contribution in [-0.4, -0.2) is 66.9 Å². The van der Waals surface area contributed by atoms with Gasteiger partial charge in [-0.3, -0.25) is 10.3 Å². The van der Waals surface area contributed by atoms with E-state index in [9.17, 15) is 22.9 Å². The van der Waals surface area contributed by atoms with Crippen LogP contribution in [0.15, 0.2) is 50.5 Å². The molecule has 1 fully saturated rings. The lowest BCUT2D eigenvalue weighted by Crippen LogP contribution is -2.59. The minimum absolute atomic E-state index is 0.0400. The number of amides is 1. The van der Waals surface area contributed by atoms with Gasteiger partial charge in [-0.1, -0.05) is 18.0 Å². The average Bonchev–Trinajstić information content (AvgIpc) is 3.63. The van der Waals surface area contributed by atoms with Gasteiger partial charge in [0.2, 0.25) is 5.88 Å². The van der Waals surface area contributed by atoms with Gasteiger partial charge in [0.25, 0.3) is 6.43 Å². The van der Waals surface area contributed by atoms with Crippen LogP contribution in [0.4, 0.5) is 18.0 Å². The molecule has 11 nitrogen and oxygen atoms in total. The van der Waals surface area contributed by atoms with Crippen molar-refractivity contribution in [3.05, 3.63) is 48.0 Å². The number of carboxylic acid groups (broad SMARTS) is 1. The van der Waals surface area contributed by atoms with Crippen molar-refractivity contribution in [2.45, 2.75) is 49.3 Å². The van der Waals surface area contributed by atoms with Gasteiger partial charge in [-0.15, -0.1) is 0 Å². The fourth-order valence-electron chi connectivity index (χ4n) is 5.47. The van der Waals surface area contributed by atoms with E-state index in [-0.39, 0.29) is 40.2 Å². The van der Waals surface area contributed by atoms with Crippen LogP contribution in [0, 0.1) is 5.82 Å². The highest BCUT2D eigenvalue weighted by molar-refractivity contribution is 7.95.